The summed E-state index contributed by atoms with van der Waals surface area (Å²) in [5.74, 6) is 0.151. The van der Waals surface area contributed by atoms with Crippen LogP contribution in [0.2, 0.25) is 6.32 Å². The van der Waals surface area contributed by atoms with Gasteiger partial charge in [0.25, 0.3) is 0 Å². The van der Waals surface area contributed by atoms with E-state index < -0.39 is 19.1 Å². The molecule has 2 aliphatic rings. The highest BCUT2D eigenvalue weighted by atomic mass is 32.2. The predicted octanol–water partition coefficient (Wildman–Crippen LogP) is -0.212. The van der Waals surface area contributed by atoms with Gasteiger partial charge in [-0.05, 0) is 12.7 Å². The Morgan fingerprint density at radius 1 is 1.47 bits per heavy atom. The number of carboxylic acid groups (broad SMARTS) is 1. The van der Waals surface area contributed by atoms with Crippen LogP contribution in [-0.4, -0.2) is 51.8 Å². The number of unbranched alkanes of at least 4 members (excludes halogenated alkanes) is 1. The van der Waals surface area contributed by atoms with E-state index in [1.165, 1.54) is 0 Å². The Hall–Kier alpha value is -0.235. The Morgan fingerprint density at radius 2 is 2.24 bits per heavy atom. The largest absolute Gasteiger partial charge is 0.480 e. The van der Waals surface area contributed by atoms with E-state index in [1.54, 1.807) is 0 Å². The van der Waals surface area contributed by atoms with Crippen molar-refractivity contribution in [2.45, 2.75) is 36.9 Å². The first kappa shape index (κ1) is 13.2. The Morgan fingerprint density at radius 3 is 2.76 bits per heavy atom. The van der Waals surface area contributed by atoms with E-state index >= 15 is 0 Å². The van der Waals surface area contributed by atoms with Crippen LogP contribution in [0.25, 0.3) is 0 Å². The molecule has 0 aliphatic carbocycles. The Labute approximate surface area is 105 Å². The molecule has 0 aromatic rings. The summed E-state index contributed by atoms with van der Waals surface area (Å²) in [5.41, 5.74) is -0.100. The van der Waals surface area contributed by atoms with Crippen molar-refractivity contribution < 1.29 is 19.9 Å². The summed E-state index contributed by atoms with van der Waals surface area (Å²) in [6, 6.07) is -0.423. The van der Waals surface area contributed by atoms with Crippen LogP contribution >= 0.6 is 11.8 Å². The number of hydrogen-bond acceptors (Lipinski definition) is 5. The smallest absolute Gasteiger partial charge is 0.451 e. The molecule has 0 unspecified atom stereocenters. The molecule has 0 bridgehead atoms. The molecule has 2 saturated heterocycles. The first-order valence-corrected chi connectivity index (χ1v) is 7.05. The second-order valence-corrected chi connectivity index (χ2v) is 6.13. The van der Waals surface area contributed by atoms with Crippen LogP contribution in [0.15, 0.2) is 0 Å². The minimum atomic E-state index is -1.24. The molecular weight excluding hydrogens is 241 g/mol. The molecule has 0 radical (unpaired) electrons. The van der Waals surface area contributed by atoms with Crippen molar-refractivity contribution in [1.29, 1.82) is 0 Å². The number of aliphatic carboxylic acids is 1. The van der Waals surface area contributed by atoms with Gasteiger partial charge in [0.05, 0.1) is 0 Å². The van der Waals surface area contributed by atoms with Gasteiger partial charge in [0.2, 0.25) is 0 Å². The Balaban J connectivity index is 1.86. The van der Waals surface area contributed by atoms with Crippen molar-refractivity contribution in [3.63, 3.8) is 0 Å². The van der Waals surface area contributed by atoms with Crippen molar-refractivity contribution in [1.82, 2.24) is 5.32 Å². The van der Waals surface area contributed by atoms with E-state index in [4.69, 9.17) is 10.0 Å². The molecule has 5 nitrogen and oxygen atoms in total. The van der Waals surface area contributed by atoms with E-state index in [9.17, 15) is 9.90 Å². The maximum absolute atomic E-state index is 11.2. The second kappa shape index (κ2) is 5.18. The fourth-order valence-electron chi connectivity index (χ4n) is 2.87. The van der Waals surface area contributed by atoms with Gasteiger partial charge >= 0.3 is 13.1 Å². The zero-order valence-electron chi connectivity index (χ0n) is 9.63. The third-order valence-corrected chi connectivity index (χ3v) is 5.62. The zero-order valence-corrected chi connectivity index (χ0v) is 10.4. The summed E-state index contributed by atoms with van der Waals surface area (Å²) in [4.78, 5) is 11.2. The number of carboxylic acids is 1. The molecule has 7 heteroatoms. The Kier molecular flexibility index (Phi) is 4.02. The van der Waals surface area contributed by atoms with Crippen molar-refractivity contribution in [3.05, 3.63) is 0 Å². The first-order valence-electron chi connectivity index (χ1n) is 6.00. The highest BCUT2D eigenvalue weighted by molar-refractivity contribution is 8.01. The van der Waals surface area contributed by atoms with E-state index in [-0.39, 0.29) is 5.41 Å². The fourth-order valence-corrected chi connectivity index (χ4v) is 4.48. The average Bonchev–Trinajstić information content (AvgIpc) is 2.47. The molecule has 0 saturated carbocycles. The van der Waals surface area contributed by atoms with Gasteiger partial charge in [0.1, 0.15) is 6.04 Å². The standard InChI is InChI=1S/C10H18BNO4S/c13-9(14)8-10(3-1-2-4-11(15)16)6-17-7(10)5-12-8/h7-8,12,15-16H,1-6H2,(H,13,14)/t7-,8+,10-/m0/s1. The third-order valence-electron chi connectivity index (χ3n) is 3.88. The number of carbonyl (C=O) groups is 1. The van der Waals surface area contributed by atoms with Crippen molar-refractivity contribution in [2.75, 3.05) is 12.3 Å². The van der Waals surface area contributed by atoms with Gasteiger partial charge in [0, 0.05) is 23.0 Å². The molecule has 4 N–H and O–H groups in total. The summed E-state index contributed by atoms with van der Waals surface area (Å²) >= 11 is 1.84. The lowest BCUT2D eigenvalue weighted by Crippen LogP contribution is -2.52. The normalized spacial score (nSPS) is 35.2. The maximum Gasteiger partial charge on any atom is 0.451 e. The van der Waals surface area contributed by atoms with Crippen LogP contribution in [0.3, 0.4) is 0 Å². The molecule has 0 amide bonds. The van der Waals surface area contributed by atoms with Crippen molar-refractivity contribution in [3.8, 4) is 0 Å². The minimum absolute atomic E-state index is 0.100. The number of rotatable bonds is 6. The monoisotopic (exact) mass is 259 g/mol. The molecule has 0 aromatic heterocycles. The fraction of sp³-hybridized carbons (Fsp3) is 0.900. The van der Waals surface area contributed by atoms with Gasteiger partial charge in [-0.1, -0.05) is 12.8 Å². The highest BCUT2D eigenvalue weighted by Gasteiger charge is 2.58. The van der Waals surface area contributed by atoms with Gasteiger partial charge < -0.3 is 20.5 Å². The van der Waals surface area contributed by atoms with E-state index in [1.807, 2.05) is 11.8 Å². The molecule has 0 spiro atoms. The summed E-state index contributed by atoms with van der Waals surface area (Å²) in [6.45, 7) is 0.782. The molecule has 2 aliphatic heterocycles. The van der Waals surface area contributed by atoms with Crippen LogP contribution < -0.4 is 5.32 Å². The van der Waals surface area contributed by atoms with Gasteiger partial charge in [0.15, 0.2) is 0 Å². The Bertz CT molecular complexity index is 304. The van der Waals surface area contributed by atoms with Crippen molar-refractivity contribution >= 4 is 24.8 Å². The molecule has 0 aromatic carbocycles. The van der Waals surface area contributed by atoms with E-state index in [2.05, 4.69) is 5.32 Å². The molecule has 2 heterocycles. The minimum Gasteiger partial charge on any atom is -0.480 e. The summed E-state index contributed by atoms with van der Waals surface area (Å²) in [7, 11) is -1.24. The summed E-state index contributed by atoms with van der Waals surface area (Å²) in [5, 5.41) is 30.2. The summed E-state index contributed by atoms with van der Waals surface area (Å²) in [6.07, 6.45) is 2.84. The molecule has 2 fully saturated rings. The number of nitrogens with one attached hydrogen (secondary N) is 1. The lowest BCUT2D eigenvalue weighted by Gasteiger charge is -2.46. The van der Waals surface area contributed by atoms with Gasteiger partial charge in [-0.25, -0.2) is 0 Å². The van der Waals surface area contributed by atoms with Crippen molar-refractivity contribution in [2.24, 2.45) is 5.41 Å². The lowest BCUT2D eigenvalue weighted by molar-refractivity contribution is -0.141. The lowest BCUT2D eigenvalue weighted by atomic mass is 9.75. The average molecular weight is 259 g/mol. The van der Waals surface area contributed by atoms with Crippen LogP contribution in [0.5, 0.6) is 0 Å². The van der Waals surface area contributed by atoms with Gasteiger partial charge in [-0.2, -0.15) is 11.8 Å². The predicted molar refractivity (Wildman–Crippen MR) is 67.0 cm³/mol. The van der Waals surface area contributed by atoms with E-state index in [0.717, 1.165) is 31.6 Å². The van der Waals surface area contributed by atoms with Crippen LogP contribution in [0, 0.1) is 5.41 Å². The summed E-state index contributed by atoms with van der Waals surface area (Å²) < 4.78 is 0. The molecule has 2 rings (SSSR count). The molecule has 3 atom stereocenters. The van der Waals surface area contributed by atoms with Crippen LogP contribution in [0.4, 0.5) is 0 Å². The third kappa shape index (κ3) is 2.47. The van der Waals surface area contributed by atoms with E-state index in [0.29, 0.717) is 11.6 Å². The molecule has 96 valence electrons. The molecular formula is C10H18BNO4S. The van der Waals surface area contributed by atoms with Gasteiger partial charge in [-0.15, -0.1) is 0 Å². The highest BCUT2D eigenvalue weighted by Crippen LogP contribution is 2.54. The molecule has 17 heavy (non-hydrogen) atoms. The zero-order chi connectivity index (χ0) is 12.5. The SMILES string of the molecule is O=C(O)[C@H]1NC[C@@H]2SC[C@@]21CCCCB(O)O. The van der Waals surface area contributed by atoms with Crippen LogP contribution in [-0.2, 0) is 4.79 Å². The number of fused-ring (bicyclic) bond motifs is 1. The topological polar surface area (TPSA) is 89.8 Å². The maximum atomic E-state index is 11.2. The number of hydrogen-bond donors (Lipinski definition) is 4. The quantitative estimate of drug-likeness (QED) is 0.390. The van der Waals surface area contributed by atoms with Gasteiger partial charge in [-0.3, -0.25) is 4.79 Å². The second-order valence-electron chi connectivity index (χ2n) is 4.94. The number of thioether (sulfide) groups is 1. The van der Waals surface area contributed by atoms with Crippen LogP contribution in [0.1, 0.15) is 19.3 Å². The first-order chi connectivity index (χ1) is 8.06.